The molecule has 78 valence electrons. The molecule has 0 amide bonds. The van der Waals surface area contributed by atoms with Crippen molar-refractivity contribution >= 4 is 6.16 Å². The number of hydrogen-bond acceptors (Lipinski definition) is 2. The van der Waals surface area contributed by atoms with Crippen molar-refractivity contribution in [3.63, 3.8) is 0 Å². The Morgan fingerprint density at radius 3 is 1.77 bits per heavy atom. The third-order valence-electron chi connectivity index (χ3n) is 1.74. The molecular formula is C10H20O3. The summed E-state index contributed by atoms with van der Waals surface area (Å²) in [5, 5.41) is 8.49. The Balaban J connectivity index is 3.95. The molecule has 0 aliphatic carbocycles. The first-order valence-corrected chi connectivity index (χ1v) is 4.81. The minimum absolute atomic E-state index is 0.141. The lowest BCUT2D eigenvalue weighted by Gasteiger charge is -2.19. The van der Waals surface area contributed by atoms with E-state index in [0.29, 0.717) is 11.8 Å². The first-order chi connectivity index (χ1) is 5.91. The van der Waals surface area contributed by atoms with E-state index in [1.165, 1.54) is 0 Å². The number of carboxylic acid groups (broad SMARTS) is 1. The lowest BCUT2D eigenvalue weighted by atomic mass is 9.98. The Hall–Kier alpha value is -0.730. The number of hydrogen-bond donors (Lipinski definition) is 1. The Labute approximate surface area is 80.1 Å². The monoisotopic (exact) mass is 188 g/mol. The second kappa shape index (κ2) is 5.84. The van der Waals surface area contributed by atoms with Crippen LogP contribution in [0.3, 0.4) is 0 Å². The average Bonchev–Trinajstić information content (AvgIpc) is 1.80. The van der Waals surface area contributed by atoms with E-state index in [9.17, 15) is 4.79 Å². The lowest BCUT2D eigenvalue weighted by molar-refractivity contribution is 0.0341. The van der Waals surface area contributed by atoms with Crippen LogP contribution in [0.25, 0.3) is 0 Å². The van der Waals surface area contributed by atoms with Crippen LogP contribution in [0.5, 0.6) is 0 Å². The van der Waals surface area contributed by atoms with E-state index >= 15 is 0 Å². The Bertz CT molecular complexity index is 142. The molecule has 0 unspecified atom stereocenters. The maximum absolute atomic E-state index is 10.4. The van der Waals surface area contributed by atoms with Crippen LogP contribution >= 0.6 is 0 Å². The molecule has 0 heterocycles. The van der Waals surface area contributed by atoms with Crippen LogP contribution in [0.4, 0.5) is 4.79 Å². The fraction of sp³-hybridized carbons (Fsp3) is 0.900. The van der Waals surface area contributed by atoms with Crippen molar-refractivity contribution < 1.29 is 14.6 Å². The van der Waals surface area contributed by atoms with Gasteiger partial charge in [-0.1, -0.05) is 27.7 Å². The van der Waals surface area contributed by atoms with Crippen LogP contribution in [0.1, 0.15) is 40.5 Å². The van der Waals surface area contributed by atoms with Gasteiger partial charge in [-0.3, -0.25) is 0 Å². The molecule has 3 nitrogen and oxygen atoms in total. The molecule has 0 bridgehead atoms. The van der Waals surface area contributed by atoms with Gasteiger partial charge >= 0.3 is 6.16 Å². The molecule has 13 heavy (non-hydrogen) atoms. The summed E-state index contributed by atoms with van der Waals surface area (Å²) >= 11 is 0. The highest BCUT2D eigenvalue weighted by Gasteiger charge is 2.16. The van der Waals surface area contributed by atoms with Crippen LogP contribution in [0, 0.1) is 11.8 Å². The van der Waals surface area contributed by atoms with Gasteiger partial charge in [-0.25, -0.2) is 4.79 Å². The predicted octanol–water partition coefficient (Wildman–Crippen LogP) is 3.14. The Morgan fingerprint density at radius 1 is 1.15 bits per heavy atom. The molecule has 0 saturated carbocycles. The quantitative estimate of drug-likeness (QED) is 0.674. The number of carbonyl (C=O) groups is 1. The van der Waals surface area contributed by atoms with Gasteiger partial charge in [0, 0.05) is 0 Å². The van der Waals surface area contributed by atoms with Crippen LogP contribution < -0.4 is 0 Å². The second-order valence-electron chi connectivity index (χ2n) is 4.26. The van der Waals surface area contributed by atoms with Gasteiger partial charge in [0.2, 0.25) is 0 Å². The first-order valence-electron chi connectivity index (χ1n) is 4.81. The van der Waals surface area contributed by atoms with Crippen LogP contribution in [-0.4, -0.2) is 17.4 Å². The van der Waals surface area contributed by atoms with Crippen molar-refractivity contribution in [2.75, 3.05) is 0 Å². The summed E-state index contributed by atoms with van der Waals surface area (Å²) in [4.78, 5) is 10.4. The third kappa shape index (κ3) is 7.62. The predicted molar refractivity (Wildman–Crippen MR) is 51.8 cm³/mol. The zero-order valence-corrected chi connectivity index (χ0v) is 8.91. The largest absolute Gasteiger partial charge is 0.506 e. The molecule has 0 atom stereocenters. The first kappa shape index (κ1) is 12.3. The number of rotatable bonds is 5. The van der Waals surface area contributed by atoms with E-state index in [1.54, 1.807) is 0 Å². The van der Waals surface area contributed by atoms with E-state index < -0.39 is 6.16 Å². The molecule has 0 rings (SSSR count). The van der Waals surface area contributed by atoms with Crippen LogP contribution in [0.2, 0.25) is 0 Å². The van der Waals surface area contributed by atoms with Gasteiger partial charge in [0.05, 0.1) is 0 Å². The van der Waals surface area contributed by atoms with Crippen LogP contribution in [-0.2, 0) is 4.74 Å². The fourth-order valence-corrected chi connectivity index (χ4v) is 1.39. The van der Waals surface area contributed by atoms with Crippen molar-refractivity contribution in [3.8, 4) is 0 Å². The minimum Gasteiger partial charge on any atom is -0.450 e. The highest BCUT2D eigenvalue weighted by molar-refractivity contribution is 5.57. The topological polar surface area (TPSA) is 46.5 Å². The highest BCUT2D eigenvalue weighted by atomic mass is 16.7. The molecule has 0 fully saturated rings. The lowest BCUT2D eigenvalue weighted by Crippen LogP contribution is -2.20. The van der Waals surface area contributed by atoms with Crippen molar-refractivity contribution in [3.05, 3.63) is 0 Å². The van der Waals surface area contributed by atoms with Gasteiger partial charge in [-0.2, -0.15) is 0 Å². The summed E-state index contributed by atoms with van der Waals surface area (Å²) in [5.74, 6) is 0.950. The molecule has 0 radical (unpaired) electrons. The summed E-state index contributed by atoms with van der Waals surface area (Å²) in [7, 11) is 0. The summed E-state index contributed by atoms with van der Waals surface area (Å²) < 4.78 is 4.79. The molecule has 1 N–H and O–H groups in total. The number of ether oxygens (including phenoxy) is 1. The van der Waals surface area contributed by atoms with E-state index in [-0.39, 0.29) is 6.10 Å². The van der Waals surface area contributed by atoms with E-state index in [4.69, 9.17) is 9.84 Å². The van der Waals surface area contributed by atoms with Gasteiger partial charge in [-0.05, 0) is 24.7 Å². The van der Waals surface area contributed by atoms with E-state index in [2.05, 4.69) is 27.7 Å². The molecule has 0 spiro atoms. The van der Waals surface area contributed by atoms with Gasteiger partial charge in [0.1, 0.15) is 6.10 Å². The molecule has 0 aromatic carbocycles. The molecule has 0 saturated heterocycles. The SMILES string of the molecule is CC(C)CC(CC(C)C)OC(=O)O. The Morgan fingerprint density at radius 2 is 1.54 bits per heavy atom. The second-order valence-corrected chi connectivity index (χ2v) is 4.26. The van der Waals surface area contributed by atoms with E-state index in [1.807, 2.05) is 0 Å². The molecule has 3 heteroatoms. The van der Waals surface area contributed by atoms with Gasteiger partial charge in [-0.15, -0.1) is 0 Å². The standard InChI is InChI=1S/C10H20O3/c1-7(2)5-9(6-8(3)4)13-10(11)12/h7-9H,5-6H2,1-4H3,(H,11,12). The van der Waals surface area contributed by atoms with E-state index in [0.717, 1.165) is 12.8 Å². The average molecular weight is 188 g/mol. The summed E-state index contributed by atoms with van der Waals surface area (Å²) in [5.41, 5.74) is 0. The highest BCUT2D eigenvalue weighted by Crippen LogP contribution is 2.16. The molecule has 0 aliphatic heterocycles. The van der Waals surface area contributed by atoms with Gasteiger partial charge in [0.25, 0.3) is 0 Å². The zero-order valence-electron chi connectivity index (χ0n) is 8.91. The summed E-state index contributed by atoms with van der Waals surface area (Å²) in [6, 6.07) is 0. The van der Waals surface area contributed by atoms with Crippen LogP contribution in [0.15, 0.2) is 0 Å². The van der Waals surface area contributed by atoms with Crippen molar-refractivity contribution in [1.82, 2.24) is 0 Å². The zero-order chi connectivity index (χ0) is 10.4. The van der Waals surface area contributed by atoms with Crippen molar-refractivity contribution in [1.29, 1.82) is 0 Å². The van der Waals surface area contributed by atoms with Crippen molar-refractivity contribution in [2.24, 2.45) is 11.8 Å². The third-order valence-corrected chi connectivity index (χ3v) is 1.74. The summed E-state index contributed by atoms with van der Waals surface area (Å²) in [6.45, 7) is 8.27. The Kier molecular flexibility index (Phi) is 5.51. The fourth-order valence-electron chi connectivity index (χ4n) is 1.39. The van der Waals surface area contributed by atoms with Gasteiger partial charge < -0.3 is 9.84 Å². The molecule has 0 aromatic rings. The maximum Gasteiger partial charge on any atom is 0.506 e. The van der Waals surface area contributed by atoms with Crippen molar-refractivity contribution in [2.45, 2.75) is 46.6 Å². The maximum atomic E-state index is 10.4. The molecular weight excluding hydrogens is 168 g/mol. The smallest absolute Gasteiger partial charge is 0.450 e. The molecule has 0 aliphatic rings. The minimum atomic E-state index is -1.16. The summed E-state index contributed by atoms with van der Waals surface area (Å²) in [6.07, 6.45) is 0.318. The van der Waals surface area contributed by atoms with Gasteiger partial charge in [0.15, 0.2) is 0 Å². The normalized spacial score (nSPS) is 11.3. The molecule has 0 aromatic heterocycles.